The third kappa shape index (κ3) is 4.93. The minimum absolute atomic E-state index is 0.0504. The molecule has 0 spiro atoms. The lowest BCUT2D eigenvalue weighted by molar-refractivity contribution is 0.0465. The minimum Gasteiger partial charge on any atom is -0.413 e. The first-order valence-electron chi connectivity index (χ1n) is 14.5. The van der Waals surface area contributed by atoms with Crippen LogP contribution < -0.4 is 10.6 Å². The molecule has 1 fully saturated rings. The molecule has 0 unspecified atom stereocenters. The molecule has 9 nitrogen and oxygen atoms in total. The Bertz CT molecular complexity index is 1690. The lowest BCUT2D eigenvalue weighted by Gasteiger charge is -2.44. The highest BCUT2D eigenvalue weighted by atomic mass is 28.4. The second-order valence-corrected chi connectivity index (χ2v) is 17.6. The Hall–Kier alpha value is -3.86. The number of likely N-dealkylation sites (tertiary alicyclic amines) is 1. The number of pyridine rings is 1. The molecule has 2 aliphatic rings. The number of anilines is 1. The Morgan fingerprint density at radius 2 is 1.57 bits per heavy atom. The number of piperidine rings is 1. The van der Waals surface area contributed by atoms with Crippen molar-refractivity contribution in [2.75, 3.05) is 18.0 Å². The van der Waals surface area contributed by atoms with Crippen molar-refractivity contribution in [3.63, 3.8) is 0 Å². The van der Waals surface area contributed by atoms with Gasteiger partial charge in [0, 0.05) is 25.8 Å². The number of carbonyl (C=O) groups is 2. The number of carbonyl (C=O) groups excluding carboxylic acids is 2. The summed E-state index contributed by atoms with van der Waals surface area (Å²) in [4.78, 5) is 50.9. The number of aromatic amines is 1. The minimum atomic E-state index is -2.08. The maximum absolute atomic E-state index is 13.6. The van der Waals surface area contributed by atoms with Crippen LogP contribution in [0.25, 0.3) is 11.0 Å². The zero-order chi connectivity index (χ0) is 29.8. The van der Waals surface area contributed by atoms with E-state index in [1.54, 1.807) is 41.1 Å². The van der Waals surface area contributed by atoms with Gasteiger partial charge in [-0.2, -0.15) is 0 Å². The number of hydrogen-bond donors (Lipinski definition) is 1. The lowest BCUT2D eigenvalue weighted by Crippen LogP contribution is -2.51. The van der Waals surface area contributed by atoms with Gasteiger partial charge < -0.3 is 9.41 Å². The Labute approximate surface area is 246 Å². The number of imide groups is 1. The first-order valence-corrected chi connectivity index (χ1v) is 17.4. The van der Waals surface area contributed by atoms with Crippen molar-refractivity contribution in [1.29, 1.82) is 0 Å². The van der Waals surface area contributed by atoms with E-state index in [9.17, 15) is 14.4 Å². The van der Waals surface area contributed by atoms with Gasteiger partial charge in [-0.3, -0.25) is 19.1 Å². The van der Waals surface area contributed by atoms with E-state index in [-0.39, 0.29) is 28.7 Å². The zero-order valence-electron chi connectivity index (χ0n) is 24.8. The van der Waals surface area contributed by atoms with Crippen LogP contribution in [-0.4, -0.2) is 58.8 Å². The highest BCUT2D eigenvalue weighted by Gasteiger charge is 2.42. The van der Waals surface area contributed by atoms with Crippen molar-refractivity contribution in [2.24, 2.45) is 0 Å². The van der Waals surface area contributed by atoms with Crippen LogP contribution in [0.3, 0.4) is 0 Å². The molecule has 0 radical (unpaired) electrons. The third-order valence-electron chi connectivity index (χ3n) is 8.97. The highest BCUT2D eigenvalue weighted by molar-refractivity contribution is 6.74. The van der Waals surface area contributed by atoms with Crippen LogP contribution in [0.4, 0.5) is 5.82 Å². The molecule has 0 bridgehead atoms. The Morgan fingerprint density at radius 1 is 0.929 bits per heavy atom. The highest BCUT2D eigenvalue weighted by Crippen LogP contribution is 2.39. The molecule has 0 aliphatic carbocycles. The van der Waals surface area contributed by atoms with Gasteiger partial charge in [-0.15, -0.1) is 0 Å². The van der Waals surface area contributed by atoms with Crippen molar-refractivity contribution >= 4 is 37.0 Å². The van der Waals surface area contributed by atoms with Gasteiger partial charge in [0.15, 0.2) is 14.1 Å². The number of rotatable bonds is 6. The molecule has 2 aliphatic heterocycles. The van der Waals surface area contributed by atoms with E-state index in [2.05, 4.69) is 60.9 Å². The summed E-state index contributed by atoms with van der Waals surface area (Å²) < 4.78 is 8.68. The molecule has 218 valence electrons. The fourth-order valence-corrected chi connectivity index (χ4v) is 7.26. The van der Waals surface area contributed by atoms with Gasteiger partial charge in [0.1, 0.15) is 5.52 Å². The maximum atomic E-state index is 13.6. The van der Waals surface area contributed by atoms with Crippen LogP contribution in [0.1, 0.15) is 59.5 Å². The van der Waals surface area contributed by atoms with E-state index >= 15 is 0 Å². The number of fused-ring (bicyclic) bond motifs is 2. The number of nitrogens with one attached hydrogen (secondary N) is 1. The first kappa shape index (κ1) is 28.3. The van der Waals surface area contributed by atoms with Crippen molar-refractivity contribution in [3.05, 3.63) is 94.0 Å². The van der Waals surface area contributed by atoms with Gasteiger partial charge in [-0.25, -0.2) is 14.7 Å². The number of imidazole rings is 1. The summed E-state index contributed by atoms with van der Waals surface area (Å²) in [7, 11) is -2.08. The van der Waals surface area contributed by atoms with Crippen LogP contribution in [0.5, 0.6) is 0 Å². The molecule has 4 heterocycles. The summed E-state index contributed by atoms with van der Waals surface area (Å²) >= 11 is 0. The number of amides is 2. The summed E-state index contributed by atoms with van der Waals surface area (Å²) in [6, 6.07) is 18.6. The van der Waals surface area contributed by atoms with Gasteiger partial charge in [0.2, 0.25) is 0 Å². The summed E-state index contributed by atoms with van der Waals surface area (Å²) in [6.07, 6.45) is 2.18. The van der Waals surface area contributed by atoms with Crippen LogP contribution in [0.2, 0.25) is 18.1 Å². The topological polar surface area (TPSA) is 101 Å². The van der Waals surface area contributed by atoms with Crippen LogP contribution in [0.15, 0.2) is 71.7 Å². The zero-order valence-corrected chi connectivity index (χ0v) is 25.8. The summed E-state index contributed by atoms with van der Waals surface area (Å²) in [5.74, 6) is -0.752. The second kappa shape index (κ2) is 10.4. The molecule has 2 aromatic heterocycles. The number of benzene rings is 2. The van der Waals surface area contributed by atoms with Crippen LogP contribution in [0, 0.1) is 0 Å². The molecule has 10 heteroatoms. The van der Waals surface area contributed by atoms with Gasteiger partial charge in [-0.05, 0) is 48.3 Å². The van der Waals surface area contributed by atoms with Crippen LogP contribution in [-0.2, 0) is 11.0 Å². The van der Waals surface area contributed by atoms with E-state index < -0.39 is 20.1 Å². The molecule has 1 N–H and O–H groups in total. The molecule has 2 atom stereocenters. The van der Waals surface area contributed by atoms with E-state index in [1.807, 2.05) is 18.2 Å². The largest absolute Gasteiger partial charge is 0.413 e. The van der Waals surface area contributed by atoms with Crippen molar-refractivity contribution < 1.29 is 14.0 Å². The summed E-state index contributed by atoms with van der Waals surface area (Å²) in [6.45, 7) is 13.4. The lowest BCUT2D eigenvalue weighted by atomic mass is 10.0. The fourth-order valence-electron chi connectivity index (χ4n) is 5.90. The van der Waals surface area contributed by atoms with E-state index in [0.717, 1.165) is 18.0 Å². The Morgan fingerprint density at radius 3 is 2.21 bits per heavy atom. The summed E-state index contributed by atoms with van der Waals surface area (Å²) in [5, 5.41) is 0.0504. The summed E-state index contributed by atoms with van der Waals surface area (Å²) in [5.41, 5.74) is 2.55. The van der Waals surface area contributed by atoms with Gasteiger partial charge >= 0.3 is 5.69 Å². The molecule has 42 heavy (non-hydrogen) atoms. The molecule has 0 saturated carbocycles. The average molecular weight is 584 g/mol. The second-order valence-electron chi connectivity index (χ2n) is 12.9. The molecular weight excluding hydrogens is 546 g/mol. The van der Waals surface area contributed by atoms with Gasteiger partial charge in [0.25, 0.3) is 11.8 Å². The van der Waals surface area contributed by atoms with E-state index in [0.29, 0.717) is 35.1 Å². The molecule has 1 saturated heterocycles. The molecular formula is C32H37N5O4Si. The Balaban J connectivity index is 1.38. The van der Waals surface area contributed by atoms with E-state index in [4.69, 9.17) is 4.43 Å². The van der Waals surface area contributed by atoms with Gasteiger partial charge in [-0.1, -0.05) is 63.2 Å². The standard InChI is InChI=1S/C32H37N5O4Si/c1-32(2,3)42(4,5)41-23-17-22(19-35(20-23)18-21-11-7-6-8-12-21)36-26-15-16-33-28(27(26)34-31(36)40)37-29(38)24-13-9-10-14-25(24)30(37)39/h6-16,22-23H,17-20H2,1-5H3,(H,34,40)/t22-,23+/m0/s1. The predicted octanol–water partition coefficient (Wildman–Crippen LogP) is 5.36. The van der Waals surface area contributed by atoms with Crippen molar-refractivity contribution in [3.8, 4) is 0 Å². The van der Waals surface area contributed by atoms with Gasteiger partial charge in [0.05, 0.1) is 28.8 Å². The van der Waals surface area contributed by atoms with Crippen molar-refractivity contribution in [2.45, 2.75) is 64.0 Å². The fraction of sp³-hybridized carbons (Fsp3) is 0.375. The van der Waals surface area contributed by atoms with E-state index in [1.165, 1.54) is 5.56 Å². The number of aromatic nitrogens is 3. The maximum Gasteiger partial charge on any atom is 0.326 e. The molecule has 6 rings (SSSR count). The normalized spacial score (nSPS) is 20.0. The smallest absolute Gasteiger partial charge is 0.326 e. The molecule has 2 amide bonds. The van der Waals surface area contributed by atoms with Crippen LogP contribution >= 0.6 is 0 Å². The third-order valence-corrected chi connectivity index (χ3v) is 13.5. The van der Waals surface area contributed by atoms with Crippen molar-refractivity contribution in [1.82, 2.24) is 19.4 Å². The average Bonchev–Trinajstić information content (AvgIpc) is 3.41. The predicted molar refractivity (Wildman–Crippen MR) is 165 cm³/mol. The quantitative estimate of drug-likeness (QED) is 0.242. The monoisotopic (exact) mass is 583 g/mol. The number of nitrogens with zero attached hydrogens (tertiary/aromatic N) is 4. The SMILES string of the molecule is CC(C)(C)[Si](C)(C)O[C@@H]1C[C@H](n2c(=O)[nH]c3c(N4C(=O)c5ccccc5C4=O)nccc32)CN(Cc2ccccc2)C1. The number of H-pyrrole nitrogens is 1. The molecule has 4 aromatic rings. The molecule has 2 aromatic carbocycles. The first-order chi connectivity index (χ1) is 19.9. The Kier molecular flexibility index (Phi) is 7.03. The number of hydrogen-bond acceptors (Lipinski definition) is 6.